The number of likely N-dealkylation sites (tertiary alicyclic amines) is 1. The molecule has 94 valence electrons. The summed E-state index contributed by atoms with van der Waals surface area (Å²) in [5.74, 6) is 0.142. The maximum absolute atomic E-state index is 11.9. The first kappa shape index (κ1) is 13.5. The molecule has 0 radical (unpaired) electrons. The Hall–Kier alpha value is -0.570. The fourth-order valence-corrected chi connectivity index (χ4v) is 2.52. The van der Waals surface area contributed by atoms with Crippen LogP contribution in [-0.2, 0) is 9.53 Å². The Morgan fingerprint density at radius 1 is 1.31 bits per heavy atom. The van der Waals surface area contributed by atoms with Gasteiger partial charge >= 0.3 is 0 Å². The van der Waals surface area contributed by atoms with Gasteiger partial charge in [-0.05, 0) is 25.2 Å². The van der Waals surface area contributed by atoms with Crippen molar-refractivity contribution >= 4 is 5.91 Å². The Labute approximate surface area is 99.1 Å². The Kier molecular flexibility index (Phi) is 4.78. The average molecular weight is 227 g/mol. The molecule has 1 amide bonds. The van der Waals surface area contributed by atoms with Crippen molar-refractivity contribution in [2.45, 2.75) is 52.6 Å². The van der Waals surface area contributed by atoms with E-state index in [2.05, 4.69) is 13.8 Å². The highest BCUT2D eigenvalue weighted by molar-refractivity contribution is 5.80. The standard InChI is InChI=1S/C13H25NO2/c1-5-13(6-2)7-9-14(10-8-13)12(15)11(3)16-4/h11H,5-10H2,1-4H3. The largest absolute Gasteiger partial charge is 0.372 e. The van der Waals surface area contributed by atoms with Crippen LogP contribution in [0.4, 0.5) is 0 Å². The third-order valence-electron chi connectivity index (χ3n) is 4.34. The topological polar surface area (TPSA) is 29.5 Å². The molecule has 1 saturated heterocycles. The number of methoxy groups -OCH3 is 1. The van der Waals surface area contributed by atoms with E-state index in [-0.39, 0.29) is 12.0 Å². The van der Waals surface area contributed by atoms with Crippen molar-refractivity contribution in [2.24, 2.45) is 5.41 Å². The number of hydrogen-bond donors (Lipinski definition) is 0. The number of rotatable bonds is 4. The lowest BCUT2D eigenvalue weighted by atomic mass is 9.74. The number of carbonyl (C=O) groups is 1. The maximum Gasteiger partial charge on any atom is 0.251 e. The maximum atomic E-state index is 11.9. The molecule has 1 aliphatic heterocycles. The Morgan fingerprint density at radius 3 is 2.19 bits per heavy atom. The van der Waals surface area contributed by atoms with Crippen LogP contribution in [0, 0.1) is 5.41 Å². The van der Waals surface area contributed by atoms with Crippen LogP contribution in [0.5, 0.6) is 0 Å². The summed E-state index contributed by atoms with van der Waals surface area (Å²) in [5, 5.41) is 0. The van der Waals surface area contributed by atoms with Crippen molar-refractivity contribution in [3.63, 3.8) is 0 Å². The molecule has 16 heavy (non-hydrogen) atoms. The predicted molar refractivity (Wildman–Crippen MR) is 65.3 cm³/mol. The summed E-state index contributed by atoms with van der Waals surface area (Å²) in [6.45, 7) is 8.14. The van der Waals surface area contributed by atoms with Crippen molar-refractivity contribution in [1.29, 1.82) is 0 Å². The van der Waals surface area contributed by atoms with E-state index in [1.807, 2.05) is 11.8 Å². The van der Waals surface area contributed by atoms with Gasteiger partial charge in [-0.2, -0.15) is 0 Å². The van der Waals surface area contributed by atoms with Crippen LogP contribution in [0.3, 0.4) is 0 Å². The summed E-state index contributed by atoms with van der Waals surface area (Å²) >= 11 is 0. The highest BCUT2D eigenvalue weighted by Crippen LogP contribution is 2.37. The number of hydrogen-bond acceptors (Lipinski definition) is 2. The van der Waals surface area contributed by atoms with E-state index in [1.165, 1.54) is 12.8 Å². The number of nitrogens with zero attached hydrogens (tertiary/aromatic N) is 1. The first-order valence-corrected chi connectivity index (χ1v) is 6.40. The molecule has 1 heterocycles. The highest BCUT2D eigenvalue weighted by atomic mass is 16.5. The molecule has 0 aromatic carbocycles. The highest BCUT2D eigenvalue weighted by Gasteiger charge is 2.33. The van der Waals surface area contributed by atoms with Crippen molar-refractivity contribution < 1.29 is 9.53 Å². The second kappa shape index (κ2) is 5.67. The van der Waals surface area contributed by atoms with E-state index < -0.39 is 0 Å². The molecular weight excluding hydrogens is 202 g/mol. The summed E-state index contributed by atoms with van der Waals surface area (Å²) in [6.07, 6.45) is 4.44. The van der Waals surface area contributed by atoms with Gasteiger partial charge in [-0.25, -0.2) is 0 Å². The molecule has 3 heteroatoms. The van der Waals surface area contributed by atoms with Gasteiger partial charge in [-0.3, -0.25) is 4.79 Å². The Bertz CT molecular complexity index is 226. The molecule has 0 aromatic rings. The van der Waals surface area contributed by atoms with Crippen LogP contribution in [0.25, 0.3) is 0 Å². The average Bonchev–Trinajstić information content (AvgIpc) is 2.37. The fourth-order valence-electron chi connectivity index (χ4n) is 2.52. The molecule has 1 unspecified atom stereocenters. The summed E-state index contributed by atoms with van der Waals surface area (Å²) in [4.78, 5) is 13.9. The third kappa shape index (κ3) is 2.76. The number of piperidine rings is 1. The predicted octanol–water partition coefficient (Wildman–Crippen LogP) is 2.45. The zero-order chi connectivity index (χ0) is 12.2. The van der Waals surface area contributed by atoms with E-state index in [4.69, 9.17) is 4.74 Å². The van der Waals surface area contributed by atoms with Gasteiger partial charge in [-0.1, -0.05) is 26.7 Å². The van der Waals surface area contributed by atoms with Gasteiger partial charge in [-0.15, -0.1) is 0 Å². The molecule has 3 nitrogen and oxygen atoms in total. The zero-order valence-electron chi connectivity index (χ0n) is 11.1. The number of carbonyl (C=O) groups excluding carboxylic acids is 1. The quantitative estimate of drug-likeness (QED) is 0.738. The van der Waals surface area contributed by atoms with Crippen LogP contribution in [0.2, 0.25) is 0 Å². The lowest BCUT2D eigenvalue weighted by Crippen LogP contribution is -2.46. The smallest absolute Gasteiger partial charge is 0.251 e. The van der Waals surface area contributed by atoms with E-state index in [0.29, 0.717) is 5.41 Å². The van der Waals surface area contributed by atoms with Crippen LogP contribution in [0.1, 0.15) is 46.5 Å². The van der Waals surface area contributed by atoms with Gasteiger partial charge in [0.15, 0.2) is 0 Å². The molecule has 1 aliphatic rings. The van der Waals surface area contributed by atoms with E-state index in [9.17, 15) is 4.79 Å². The summed E-state index contributed by atoms with van der Waals surface area (Å²) in [6, 6.07) is 0. The molecule has 0 aliphatic carbocycles. The van der Waals surface area contributed by atoms with Crippen molar-refractivity contribution in [3.05, 3.63) is 0 Å². The minimum absolute atomic E-state index is 0.142. The fraction of sp³-hybridized carbons (Fsp3) is 0.923. The minimum atomic E-state index is -0.296. The number of amides is 1. The van der Waals surface area contributed by atoms with E-state index >= 15 is 0 Å². The first-order chi connectivity index (χ1) is 7.58. The van der Waals surface area contributed by atoms with Gasteiger partial charge in [0.05, 0.1) is 0 Å². The lowest BCUT2D eigenvalue weighted by molar-refractivity contribution is -0.143. The van der Waals surface area contributed by atoms with Crippen LogP contribution in [-0.4, -0.2) is 37.1 Å². The normalized spacial score (nSPS) is 21.9. The van der Waals surface area contributed by atoms with Gasteiger partial charge in [0.25, 0.3) is 5.91 Å². The summed E-state index contributed by atoms with van der Waals surface area (Å²) in [5.41, 5.74) is 0.479. The van der Waals surface area contributed by atoms with Gasteiger partial charge in [0.1, 0.15) is 6.10 Å². The van der Waals surface area contributed by atoms with E-state index in [0.717, 1.165) is 25.9 Å². The molecular formula is C13H25NO2. The van der Waals surface area contributed by atoms with Crippen molar-refractivity contribution in [2.75, 3.05) is 20.2 Å². The Balaban J connectivity index is 2.51. The van der Waals surface area contributed by atoms with Crippen molar-refractivity contribution in [3.8, 4) is 0 Å². The summed E-state index contributed by atoms with van der Waals surface area (Å²) in [7, 11) is 1.59. The second-order valence-corrected chi connectivity index (χ2v) is 4.91. The molecule has 1 fully saturated rings. The summed E-state index contributed by atoms with van der Waals surface area (Å²) < 4.78 is 5.08. The molecule has 0 N–H and O–H groups in total. The van der Waals surface area contributed by atoms with Gasteiger partial charge in [0.2, 0.25) is 0 Å². The Morgan fingerprint density at radius 2 is 1.81 bits per heavy atom. The monoisotopic (exact) mass is 227 g/mol. The molecule has 1 atom stereocenters. The lowest BCUT2D eigenvalue weighted by Gasteiger charge is -2.41. The SMILES string of the molecule is CCC1(CC)CCN(C(=O)C(C)OC)CC1. The number of ether oxygens (including phenoxy) is 1. The zero-order valence-corrected chi connectivity index (χ0v) is 11.1. The molecule has 1 rings (SSSR count). The third-order valence-corrected chi connectivity index (χ3v) is 4.34. The first-order valence-electron chi connectivity index (χ1n) is 6.40. The molecule has 0 aromatic heterocycles. The van der Waals surface area contributed by atoms with Crippen LogP contribution < -0.4 is 0 Å². The van der Waals surface area contributed by atoms with Gasteiger partial charge < -0.3 is 9.64 Å². The van der Waals surface area contributed by atoms with Crippen molar-refractivity contribution in [1.82, 2.24) is 4.90 Å². The van der Waals surface area contributed by atoms with Crippen LogP contribution >= 0.6 is 0 Å². The second-order valence-electron chi connectivity index (χ2n) is 4.91. The molecule has 0 spiro atoms. The van der Waals surface area contributed by atoms with E-state index in [1.54, 1.807) is 7.11 Å². The molecule has 0 bridgehead atoms. The van der Waals surface area contributed by atoms with Gasteiger partial charge in [0, 0.05) is 20.2 Å². The van der Waals surface area contributed by atoms with Crippen LogP contribution in [0.15, 0.2) is 0 Å². The molecule has 0 saturated carbocycles. The minimum Gasteiger partial charge on any atom is -0.372 e.